The molecule has 4 rings (SSSR count). The number of quaternary nitrogens is 1. The lowest BCUT2D eigenvalue weighted by atomic mass is 10.1. The lowest BCUT2D eigenvalue weighted by Gasteiger charge is -2.31. The number of carbonyl (C=O) groups is 1. The quantitative estimate of drug-likeness (QED) is 0.889. The van der Waals surface area contributed by atoms with Crippen LogP contribution in [0.25, 0.3) is 5.69 Å². The average Bonchev–Trinajstić information content (AvgIpc) is 3.48. The molecule has 0 atom stereocenters. The molecule has 1 aliphatic heterocycles. The van der Waals surface area contributed by atoms with Crippen LogP contribution in [0.5, 0.6) is 0 Å². The van der Waals surface area contributed by atoms with E-state index < -0.39 is 0 Å². The van der Waals surface area contributed by atoms with E-state index in [0.717, 1.165) is 74.6 Å². The van der Waals surface area contributed by atoms with Crippen LogP contribution in [0.1, 0.15) is 54.4 Å². The van der Waals surface area contributed by atoms with Crippen LogP contribution in [0.15, 0.2) is 30.3 Å². The van der Waals surface area contributed by atoms with Gasteiger partial charge in [0.25, 0.3) is 5.91 Å². The summed E-state index contributed by atoms with van der Waals surface area (Å²) >= 11 is 0. The molecule has 1 aromatic carbocycles. The number of aromatic nitrogens is 2. The minimum Gasteiger partial charge on any atom is -0.332 e. The van der Waals surface area contributed by atoms with E-state index in [1.807, 2.05) is 22.9 Å². The van der Waals surface area contributed by atoms with Crippen molar-refractivity contribution in [1.29, 1.82) is 0 Å². The van der Waals surface area contributed by atoms with Gasteiger partial charge >= 0.3 is 0 Å². The molecule has 0 spiro atoms. The summed E-state index contributed by atoms with van der Waals surface area (Å²) in [5.74, 6) is 0.660. The highest BCUT2D eigenvalue weighted by atomic mass is 16.2. The van der Waals surface area contributed by atoms with Gasteiger partial charge < -0.3 is 9.80 Å². The van der Waals surface area contributed by atoms with Crippen LogP contribution in [0.4, 0.5) is 0 Å². The first-order valence-corrected chi connectivity index (χ1v) is 10.0. The average molecular weight is 353 g/mol. The Kier molecular flexibility index (Phi) is 4.81. The SMILES string of the molecule is CCc1c(C(=O)N2CC[NH+](CC)CC2)c(C2CC2)nn1-c1ccccc1. The van der Waals surface area contributed by atoms with E-state index in [-0.39, 0.29) is 5.91 Å². The maximum atomic E-state index is 13.4. The van der Waals surface area contributed by atoms with E-state index in [1.54, 1.807) is 4.90 Å². The fourth-order valence-electron chi connectivity index (χ4n) is 3.99. The highest BCUT2D eigenvalue weighted by molar-refractivity contribution is 5.97. The number of amides is 1. The maximum Gasteiger partial charge on any atom is 0.258 e. The zero-order chi connectivity index (χ0) is 18.1. The first kappa shape index (κ1) is 17.3. The second kappa shape index (κ2) is 7.23. The summed E-state index contributed by atoms with van der Waals surface area (Å²) in [7, 11) is 0. The summed E-state index contributed by atoms with van der Waals surface area (Å²) in [6.07, 6.45) is 3.13. The van der Waals surface area contributed by atoms with Gasteiger partial charge in [0.2, 0.25) is 0 Å². The molecule has 2 aliphatic rings. The van der Waals surface area contributed by atoms with Gasteiger partial charge in [-0.25, -0.2) is 4.68 Å². The largest absolute Gasteiger partial charge is 0.332 e. The van der Waals surface area contributed by atoms with Crippen molar-refractivity contribution < 1.29 is 9.69 Å². The Labute approximate surface area is 155 Å². The lowest BCUT2D eigenvalue weighted by molar-refractivity contribution is -0.902. The van der Waals surface area contributed by atoms with Crippen LogP contribution in [0, 0.1) is 0 Å². The minimum absolute atomic E-state index is 0.195. The predicted molar refractivity (Wildman–Crippen MR) is 102 cm³/mol. The molecule has 0 unspecified atom stereocenters. The van der Waals surface area contributed by atoms with Crippen molar-refractivity contribution >= 4 is 5.91 Å². The fraction of sp³-hybridized carbons (Fsp3) is 0.524. The summed E-state index contributed by atoms with van der Waals surface area (Å²) in [6, 6.07) is 10.2. The number of nitrogens with zero attached hydrogens (tertiary/aromatic N) is 3. The molecular formula is C21H29N4O+. The second-order valence-electron chi connectivity index (χ2n) is 7.48. The zero-order valence-corrected chi connectivity index (χ0v) is 15.9. The van der Waals surface area contributed by atoms with Crippen molar-refractivity contribution in [2.75, 3.05) is 32.7 Å². The third kappa shape index (κ3) is 3.16. The van der Waals surface area contributed by atoms with Crippen molar-refractivity contribution in [1.82, 2.24) is 14.7 Å². The summed E-state index contributed by atoms with van der Waals surface area (Å²) in [5, 5.41) is 4.92. The molecule has 2 aromatic rings. The molecular weight excluding hydrogens is 324 g/mol. The Morgan fingerprint density at radius 2 is 1.85 bits per heavy atom. The Morgan fingerprint density at radius 1 is 1.15 bits per heavy atom. The molecule has 5 heteroatoms. The van der Waals surface area contributed by atoms with Gasteiger partial charge in [-0.1, -0.05) is 25.1 Å². The summed E-state index contributed by atoms with van der Waals surface area (Å²) in [5.41, 5.74) is 4.03. The van der Waals surface area contributed by atoms with Crippen LogP contribution in [0.3, 0.4) is 0 Å². The zero-order valence-electron chi connectivity index (χ0n) is 15.9. The monoisotopic (exact) mass is 353 g/mol. The normalized spacial score (nSPS) is 18.3. The molecule has 1 aliphatic carbocycles. The van der Waals surface area contributed by atoms with E-state index in [0.29, 0.717) is 5.92 Å². The van der Waals surface area contributed by atoms with Crippen molar-refractivity contribution in [3.63, 3.8) is 0 Å². The van der Waals surface area contributed by atoms with Gasteiger partial charge in [0, 0.05) is 5.92 Å². The Morgan fingerprint density at radius 3 is 2.42 bits per heavy atom. The lowest BCUT2D eigenvalue weighted by Crippen LogP contribution is -3.14. The van der Waals surface area contributed by atoms with Gasteiger partial charge in [0.1, 0.15) is 0 Å². The Balaban J connectivity index is 1.70. The van der Waals surface area contributed by atoms with Gasteiger partial charge in [-0.3, -0.25) is 4.79 Å². The molecule has 1 amide bonds. The van der Waals surface area contributed by atoms with Crippen LogP contribution in [-0.2, 0) is 6.42 Å². The number of piperazine rings is 1. The predicted octanol–water partition coefficient (Wildman–Crippen LogP) is 1.67. The molecule has 1 saturated carbocycles. The van der Waals surface area contributed by atoms with Crippen LogP contribution >= 0.6 is 0 Å². The molecule has 2 fully saturated rings. The van der Waals surface area contributed by atoms with E-state index in [9.17, 15) is 4.79 Å². The van der Waals surface area contributed by atoms with Gasteiger partial charge in [-0.2, -0.15) is 5.10 Å². The van der Waals surface area contributed by atoms with Crippen LogP contribution < -0.4 is 4.90 Å². The molecule has 26 heavy (non-hydrogen) atoms. The van der Waals surface area contributed by atoms with E-state index >= 15 is 0 Å². The fourth-order valence-corrected chi connectivity index (χ4v) is 3.99. The Hall–Kier alpha value is -2.14. The van der Waals surface area contributed by atoms with E-state index in [1.165, 1.54) is 0 Å². The number of likely N-dealkylation sites (N-methyl/N-ethyl adjacent to an activating group) is 1. The molecule has 5 nitrogen and oxygen atoms in total. The second-order valence-corrected chi connectivity index (χ2v) is 7.48. The molecule has 2 heterocycles. The number of hydrogen-bond donors (Lipinski definition) is 1. The van der Waals surface area contributed by atoms with Gasteiger partial charge in [-0.05, 0) is 38.3 Å². The van der Waals surface area contributed by atoms with Gasteiger partial charge in [0.05, 0.1) is 55.4 Å². The minimum atomic E-state index is 0.195. The summed E-state index contributed by atoms with van der Waals surface area (Å²) < 4.78 is 2.01. The van der Waals surface area contributed by atoms with Gasteiger partial charge in [0.15, 0.2) is 0 Å². The van der Waals surface area contributed by atoms with Crippen LogP contribution in [-0.4, -0.2) is 53.3 Å². The third-order valence-corrected chi connectivity index (χ3v) is 5.78. The van der Waals surface area contributed by atoms with E-state index in [4.69, 9.17) is 5.10 Å². The first-order valence-electron chi connectivity index (χ1n) is 10.0. The first-order chi connectivity index (χ1) is 12.7. The van der Waals surface area contributed by atoms with Crippen molar-refractivity contribution in [3.8, 4) is 5.69 Å². The number of benzene rings is 1. The van der Waals surface area contributed by atoms with Gasteiger partial charge in [-0.15, -0.1) is 0 Å². The number of nitrogens with one attached hydrogen (secondary N) is 1. The highest BCUT2D eigenvalue weighted by Crippen LogP contribution is 2.42. The number of rotatable bonds is 5. The third-order valence-electron chi connectivity index (χ3n) is 5.78. The topological polar surface area (TPSA) is 42.6 Å². The molecule has 1 saturated heterocycles. The summed E-state index contributed by atoms with van der Waals surface area (Å²) in [6.45, 7) is 9.30. The van der Waals surface area contributed by atoms with Crippen LogP contribution in [0.2, 0.25) is 0 Å². The van der Waals surface area contributed by atoms with Crippen molar-refractivity contribution in [3.05, 3.63) is 47.3 Å². The smallest absolute Gasteiger partial charge is 0.258 e. The molecule has 1 aromatic heterocycles. The molecule has 0 radical (unpaired) electrons. The molecule has 1 N–H and O–H groups in total. The number of hydrogen-bond acceptors (Lipinski definition) is 2. The summed E-state index contributed by atoms with van der Waals surface area (Å²) in [4.78, 5) is 17.1. The number of para-hydroxylation sites is 1. The molecule has 138 valence electrons. The maximum absolute atomic E-state index is 13.4. The van der Waals surface area contributed by atoms with Crippen molar-refractivity contribution in [2.24, 2.45) is 0 Å². The van der Waals surface area contributed by atoms with E-state index in [2.05, 4.69) is 30.9 Å². The standard InChI is InChI=1S/C21H28N4O/c1-3-18-19(21(26)24-14-12-23(4-2)13-15-24)20(16-10-11-16)22-25(18)17-8-6-5-7-9-17/h5-9,16H,3-4,10-15H2,1-2H3/p+1. The Bertz CT molecular complexity index is 771. The number of carbonyl (C=O) groups excluding carboxylic acids is 1. The molecule has 0 bridgehead atoms. The highest BCUT2D eigenvalue weighted by Gasteiger charge is 2.36. The van der Waals surface area contributed by atoms with Crippen molar-refractivity contribution in [2.45, 2.75) is 39.0 Å².